The summed E-state index contributed by atoms with van der Waals surface area (Å²) in [4.78, 5) is 2.37. The van der Waals surface area contributed by atoms with E-state index in [-0.39, 0.29) is 0 Å². The Kier molecular flexibility index (Phi) is 3.27. The minimum atomic E-state index is 0.607. The van der Waals surface area contributed by atoms with Crippen molar-refractivity contribution in [1.82, 2.24) is 5.32 Å². The molecule has 1 aromatic carbocycles. The second-order valence-corrected chi connectivity index (χ2v) is 4.06. The smallest absolute Gasteiger partial charge is 0.0366 e. The molecule has 1 fully saturated rings. The molecular weight excluding hydrogens is 184 g/mol. The molecule has 1 aliphatic rings. The molecule has 2 rings (SSSR count). The molecule has 0 saturated carbocycles. The van der Waals surface area contributed by atoms with Gasteiger partial charge in [-0.25, -0.2) is 0 Å². The summed E-state index contributed by atoms with van der Waals surface area (Å²) < 4.78 is 0. The fourth-order valence-corrected chi connectivity index (χ4v) is 2.08. The van der Waals surface area contributed by atoms with Gasteiger partial charge in [-0.1, -0.05) is 12.1 Å². The van der Waals surface area contributed by atoms with E-state index in [1.165, 1.54) is 24.2 Å². The second kappa shape index (κ2) is 4.67. The molecule has 15 heavy (non-hydrogen) atoms. The summed E-state index contributed by atoms with van der Waals surface area (Å²) in [5, 5.41) is 3.42. The molecule has 0 spiro atoms. The van der Waals surface area contributed by atoms with Crippen molar-refractivity contribution in [2.24, 2.45) is 0 Å². The summed E-state index contributed by atoms with van der Waals surface area (Å²) in [6, 6.07) is 9.59. The number of nitrogens with zero attached hydrogens (tertiary/aromatic N) is 1. The third-order valence-corrected chi connectivity index (χ3v) is 3.25. The lowest BCUT2D eigenvalue weighted by Gasteiger charge is -2.29. The van der Waals surface area contributed by atoms with Gasteiger partial charge < -0.3 is 10.2 Å². The van der Waals surface area contributed by atoms with Gasteiger partial charge in [-0.2, -0.15) is 0 Å². The van der Waals surface area contributed by atoms with Crippen molar-refractivity contribution in [3.63, 3.8) is 0 Å². The molecule has 0 aromatic heterocycles. The van der Waals surface area contributed by atoms with Crippen LogP contribution >= 0.6 is 0 Å². The Morgan fingerprint density at radius 1 is 1.20 bits per heavy atom. The lowest BCUT2D eigenvalue weighted by Crippen LogP contribution is -2.34. The minimum absolute atomic E-state index is 0.607. The highest BCUT2D eigenvalue weighted by molar-refractivity contribution is 5.48. The van der Waals surface area contributed by atoms with E-state index in [0.717, 1.165) is 13.1 Å². The SMILES string of the molecule is CCN(CC)c1ccc(C2CCN2)cc1. The van der Waals surface area contributed by atoms with Crippen molar-refractivity contribution in [2.45, 2.75) is 26.3 Å². The van der Waals surface area contributed by atoms with Crippen LogP contribution < -0.4 is 10.2 Å². The summed E-state index contributed by atoms with van der Waals surface area (Å²) in [5.74, 6) is 0. The molecular formula is C13H20N2. The van der Waals surface area contributed by atoms with E-state index in [0.29, 0.717) is 6.04 Å². The lowest BCUT2D eigenvalue weighted by atomic mass is 9.98. The van der Waals surface area contributed by atoms with Gasteiger partial charge in [0.25, 0.3) is 0 Å². The Hall–Kier alpha value is -1.02. The molecule has 1 N–H and O–H groups in total. The van der Waals surface area contributed by atoms with Crippen molar-refractivity contribution >= 4 is 5.69 Å². The fraction of sp³-hybridized carbons (Fsp3) is 0.538. The molecule has 2 nitrogen and oxygen atoms in total. The average molecular weight is 204 g/mol. The van der Waals surface area contributed by atoms with Crippen LogP contribution in [-0.4, -0.2) is 19.6 Å². The highest BCUT2D eigenvalue weighted by Gasteiger charge is 2.17. The molecule has 0 radical (unpaired) electrons. The van der Waals surface area contributed by atoms with E-state index in [1.54, 1.807) is 0 Å². The van der Waals surface area contributed by atoms with Crippen LogP contribution in [0.3, 0.4) is 0 Å². The van der Waals surface area contributed by atoms with E-state index in [2.05, 4.69) is 48.3 Å². The monoisotopic (exact) mass is 204 g/mol. The van der Waals surface area contributed by atoms with Gasteiger partial charge >= 0.3 is 0 Å². The van der Waals surface area contributed by atoms with Crippen molar-refractivity contribution in [1.29, 1.82) is 0 Å². The Labute approximate surface area is 92.3 Å². The van der Waals surface area contributed by atoms with Crippen molar-refractivity contribution in [3.05, 3.63) is 29.8 Å². The zero-order chi connectivity index (χ0) is 10.7. The van der Waals surface area contributed by atoms with Crippen molar-refractivity contribution in [3.8, 4) is 0 Å². The van der Waals surface area contributed by atoms with Crippen LogP contribution in [-0.2, 0) is 0 Å². The van der Waals surface area contributed by atoms with E-state index < -0.39 is 0 Å². The van der Waals surface area contributed by atoms with Gasteiger partial charge in [-0.05, 0) is 44.5 Å². The number of anilines is 1. The van der Waals surface area contributed by atoms with Crippen LogP contribution in [0.4, 0.5) is 5.69 Å². The van der Waals surface area contributed by atoms with Gasteiger partial charge in [0.15, 0.2) is 0 Å². The summed E-state index contributed by atoms with van der Waals surface area (Å²) in [6.45, 7) is 7.73. The zero-order valence-electron chi connectivity index (χ0n) is 9.66. The molecule has 1 heterocycles. The normalized spacial score (nSPS) is 19.7. The maximum atomic E-state index is 3.42. The Balaban J connectivity index is 2.08. The van der Waals surface area contributed by atoms with Gasteiger partial charge in [0, 0.05) is 24.8 Å². The predicted octanol–water partition coefficient (Wildman–Crippen LogP) is 2.57. The maximum Gasteiger partial charge on any atom is 0.0366 e. The molecule has 1 atom stereocenters. The average Bonchev–Trinajstić information content (AvgIpc) is 2.20. The molecule has 1 aliphatic heterocycles. The van der Waals surface area contributed by atoms with Crippen LogP contribution in [0.2, 0.25) is 0 Å². The Bertz CT molecular complexity index is 297. The zero-order valence-corrected chi connectivity index (χ0v) is 9.66. The first-order chi connectivity index (χ1) is 7.35. The predicted molar refractivity (Wildman–Crippen MR) is 65.4 cm³/mol. The lowest BCUT2D eigenvalue weighted by molar-refractivity contribution is 0.383. The van der Waals surface area contributed by atoms with Crippen molar-refractivity contribution in [2.75, 3.05) is 24.5 Å². The van der Waals surface area contributed by atoms with E-state index >= 15 is 0 Å². The third kappa shape index (κ3) is 2.15. The summed E-state index contributed by atoms with van der Waals surface area (Å²) in [6.07, 6.45) is 1.28. The summed E-state index contributed by atoms with van der Waals surface area (Å²) >= 11 is 0. The number of hydrogen-bond acceptors (Lipinski definition) is 2. The van der Waals surface area contributed by atoms with Crippen LogP contribution in [0, 0.1) is 0 Å². The molecule has 1 saturated heterocycles. The maximum absolute atomic E-state index is 3.42. The second-order valence-electron chi connectivity index (χ2n) is 4.06. The first kappa shape index (κ1) is 10.5. The van der Waals surface area contributed by atoms with E-state index in [1.807, 2.05) is 0 Å². The van der Waals surface area contributed by atoms with Crippen LogP contribution in [0.5, 0.6) is 0 Å². The first-order valence-electron chi connectivity index (χ1n) is 5.93. The van der Waals surface area contributed by atoms with Crippen molar-refractivity contribution < 1.29 is 0 Å². The highest BCUT2D eigenvalue weighted by atomic mass is 15.1. The number of benzene rings is 1. The minimum Gasteiger partial charge on any atom is -0.372 e. The highest BCUT2D eigenvalue weighted by Crippen LogP contribution is 2.24. The quantitative estimate of drug-likeness (QED) is 0.811. The molecule has 0 amide bonds. The molecule has 1 aromatic rings. The first-order valence-corrected chi connectivity index (χ1v) is 5.93. The van der Waals surface area contributed by atoms with E-state index in [4.69, 9.17) is 0 Å². The Morgan fingerprint density at radius 3 is 2.20 bits per heavy atom. The Morgan fingerprint density at radius 2 is 1.80 bits per heavy atom. The van der Waals surface area contributed by atoms with Gasteiger partial charge in [0.2, 0.25) is 0 Å². The number of nitrogens with one attached hydrogen (secondary N) is 1. The van der Waals surface area contributed by atoms with Gasteiger partial charge in [0.1, 0.15) is 0 Å². The summed E-state index contributed by atoms with van der Waals surface area (Å²) in [5.41, 5.74) is 2.76. The molecule has 82 valence electrons. The van der Waals surface area contributed by atoms with Crippen LogP contribution in [0.15, 0.2) is 24.3 Å². The van der Waals surface area contributed by atoms with Gasteiger partial charge in [-0.3, -0.25) is 0 Å². The van der Waals surface area contributed by atoms with Crippen LogP contribution in [0.25, 0.3) is 0 Å². The summed E-state index contributed by atoms with van der Waals surface area (Å²) in [7, 11) is 0. The molecule has 1 unspecified atom stereocenters. The largest absolute Gasteiger partial charge is 0.372 e. The fourth-order valence-electron chi connectivity index (χ4n) is 2.08. The number of hydrogen-bond donors (Lipinski definition) is 1. The third-order valence-electron chi connectivity index (χ3n) is 3.25. The van der Waals surface area contributed by atoms with E-state index in [9.17, 15) is 0 Å². The standard InChI is InChI=1S/C13H20N2/c1-3-15(4-2)12-7-5-11(6-8-12)13-9-10-14-13/h5-8,13-14H,3-4,9-10H2,1-2H3. The molecule has 0 bridgehead atoms. The molecule has 2 heteroatoms. The molecule has 0 aliphatic carbocycles. The van der Waals surface area contributed by atoms with Gasteiger partial charge in [-0.15, -0.1) is 0 Å². The number of rotatable bonds is 4. The topological polar surface area (TPSA) is 15.3 Å². The van der Waals surface area contributed by atoms with Crippen LogP contribution in [0.1, 0.15) is 31.9 Å². The van der Waals surface area contributed by atoms with Gasteiger partial charge in [0.05, 0.1) is 0 Å².